The van der Waals surface area contributed by atoms with Crippen LogP contribution >= 0.6 is 35.0 Å². The van der Waals surface area contributed by atoms with Gasteiger partial charge in [0, 0.05) is 11.8 Å². The molecule has 1 heterocycles. The van der Waals surface area contributed by atoms with E-state index in [1.807, 2.05) is 0 Å². The van der Waals surface area contributed by atoms with E-state index in [1.54, 1.807) is 12.1 Å². The van der Waals surface area contributed by atoms with Crippen molar-refractivity contribution in [3.05, 3.63) is 28.2 Å². The van der Waals surface area contributed by atoms with Gasteiger partial charge in [0.15, 0.2) is 6.61 Å². The molecular formula is C13H13Cl2NO4S. The molecule has 1 aliphatic rings. The van der Waals surface area contributed by atoms with E-state index >= 15 is 0 Å². The number of halogens is 2. The van der Waals surface area contributed by atoms with E-state index in [0.717, 1.165) is 0 Å². The smallest absolute Gasteiger partial charge is 0.330 e. The van der Waals surface area contributed by atoms with Crippen LogP contribution in [-0.2, 0) is 9.59 Å². The summed E-state index contributed by atoms with van der Waals surface area (Å²) >= 11 is 13.1. The molecule has 1 amide bonds. The largest absolute Gasteiger partial charge is 0.484 e. The minimum absolute atomic E-state index is 0.280. The lowest BCUT2D eigenvalue weighted by atomic mass is 9.99. The van der Waals surface area contributed by atoms with E-state index in [1.165, 1.54) is 17.8 Å². The van der Waals surface area contributed by atoms with E-state index in [2.05, 4.69) is 5.32 Å². The number of thioether (sulfide) groups is 1. The van der Waals surface area contributed by atoms with Crippen LogP contribution in [0.25, 0.3) is 0 Å². The summed E-state index contributed by atoms with van der Waals surface area (Å²) in [7, 11) is 0. The quantitative estimate of drug-likeness (QED) is 0.853. The molecule has 1 aromatic rings. The number of carbonyl (C=O) groups is 2. The highest BCUT2D eigenvalue weighted by molar-refractivity contribution is 7.99. The van der Waals surface area contributed by atoms with Gasteiger partial charge in [0.2, 0.25) is 0 Å². The number of nitrogens with one attached hydrogen (secondary N) is 1. The maximum Gasteiger partial charge on any atom is 0.330 e. The van der Waals surface area contributed by atoms with Crippen molar-refractivity contribution in [2.24, 2.45) is 0 Å². The molecule has 0 bridgehead atoms. The molecule has 0 radical (unpaired) electrons. The van der Waals surface area contributed by atoms with Gasteiger partial charge in [-0.1, -0.05) is 23.2 Å². The summed E-state index contributed by atoms with van der Waals surface area (Å²) in [6, 6.07) is 4.64. The average Bonchev–Trinajstić information content (AvgIpc) is 2.90. The van der Waals surface area contributed by atoms with Gasteiger partial charge >= 0.3 is 5.97 Å². The number of benzene rings is 1. The van der Waals surface area contributed by atoms with Gasteiger partial charge in [-0.3, -0.25) is 4.79 Å². The van der Waals surface area contributed by atoms with Gasteiger partial charge in [0.05, 0.1) is 10.0 Å². The first-order valence-electron chi connectivity index (χ1n) is 6.13. The Kier molecular flexibility index (Phi) is 5.24. The highest BCUT2D eigenvalue weighted by Gasteiger charge is 2.43. The number of ether oxygens (including phenoxy) is 1. The molecule has 1 atom stereocenters. The van der Waals surface area contributed by atoms with Crippen molar-refractivity contribution in [3.63, 3.8) is 0 Å². The summed E-state index contributed by atoms with van der Waals surface area (Å²) in [4.78, 5) is 23.2. The Balaban J connectivity index is 1.92. The van der Waals surface area contributed by atoms with Gasteiger partial charge in [-0.2, -0.15) is 11.8 Å². The first-order valence-corrected chi connectivity index (χ1v) is 8.04. The monoisotopic (exact) mass is 349 g/mol. The van der Waals surface area contributed by atoms with Gasteiger partial charge < -0.3 is 15.2 Å². The van der Waals surface area contributed by atoms with E-state index in [-0.39, 0.29) is 6.61 Å². The average molecular weight is 350 g/mol. The van der Waals surface area contributed by atoms with E-state index < -0.39 is 17.4 Å². The number of carbonyl (C=O) groups excluding carboxylic acids is 1. The third kappa shape index (κ3) is 3.96. The second kappa shape index (κ2) is 6.77. The Hall–Kier alpha value is -1.11. The Morgan fingerprint density at radius 3 is 2.71 bits per heavy atom. The highest BCUT2D eigenvalue weighted by atomic mass is 35.5. The molecule has 0 aromatic heterocycles. The minimum Gasteiger partial charge on any atom is -0.484 e. The zero-order valence-electron chi connectivity index (χ0n) is 10.9. The molecule has 1 fully saturated rings. The Morgan fingerprint density at radius 2 is 2.14 bits per heavy atom. The molecule has 1 unspecified atom stereocenters. The van der Waals surface area contributed by atoms with Crippen LogP contribution in [0.2, 0.25) is 10.0 Å². The van der Waals surface area contributed by atoms with E-state index in [0.29, 0.717) is 33.7 Å². The lowest BCUT2D eigenvalue weighted by Crippen LogP contribution is -2.55. The standard InChI is InChI=1S/C13H13Cl2NO4S/c14-9-2-1-8(5-10(9)15)20-6-11(17)16-13(12(18)19)3-4-21-7-13/h1-2,5H,3-4,6-7H2,(H,16,17)(H,18,19). The molecule has 21 heavy (non-hydrogen) atoms. The maximum absolute atomic E-state index is 11.9. The van der Waals surface area contributed by atoms with Gasteiger partial charge in [-0.05, 0) is 24.3 Å². The van der Waals surface area contributed by atoms with Crippen LogP contribution < -0.4 is 10.1 Å². The van der Waals surface area contributed by atoms with Gasteiger partial charge in [-0.15, -0.1) is 0 Å². The van der Waals surface area contributed by atoms with Gasteiger partial charge in [0.1, 0.15) is 11.3 Å². The molecule has 5 nitrogen and oxygen atoms in total. The molecule has 1 aromatic carbocycles. The zero-order chi connectivity index (χ0) is 15.5. The van der Waals surface area contributed by atoms with Crippen LogP contribution in [-0.4, -0.2) is 40.6 Å². The molecule has 2 N–H and O–H groups in total. The number of amides is 1. The molecule has 0 aliphatic carbocycles. The number of hydrogen-bond donors (Lipinski definition) is 2. The van der Waals surface area contributed by atoms with Crippen LogP contribution in [0.1, 0.15) is 6.42 Å². The molecule has 0 spiro atoms. The second-order valence-corrected chi connectivity index (χ2v) is 6.52. The Bertz CT molecular complexity index is 561. The predicted octanol–water partition coefficient (Wildman–Crippen LogP) is 2.45. The van der Waals surface area contributed by atoms with Crippen molar-refractivity contribution < 1.29 is 19.4 Å². The van der Waals surface area contributed by atoms with Crippen LogP contribution in [0.3, 0.4) is 0 Å². The summed E-state index contributed by atoms with van der Waals surface area (Å²) in [5.41, 5.74) is -1.19. The second-order valence-electron chi connectivity index (χ2n) is 4.60. The summed E-state index contributed by atoms with van der Waals surface area (Å²) in [5.74, 6) is -0.0350. The molecule has 8 heteroatoms. The highest BCUT2D eigenvalue weighted by Crippen LogP contribution is 2.28. The number of rotatable bonds is 5. The summed E-state index contributed by atoms with van der Waals surface area (Å²) in [6.45, 7) is -0.280. The molecule has 0 saturated carbocycles. The fourth-order valence-electron chi connectivity index (χ4n) is 1.90. The SMILES string of the molecule is O=C(COc1ccc(Cl)c(Cl)c1)NC1(C(=O)O)CCSC1. The van der Waals surface area contributed by atoms with Crippen molar-refractivity contribution >= 4 is 46.8 Å². The van der Waals surface area contributed by atoms with Crippen molar-refractivity contribution in [2.75, 3.05) is 18.1 Å². The van der Waals surface area contributed by atoms with Crippen molar-refractivity contribution in [3.8, 4) is 5.75 Å². The summed E-state index contributed by atoms with van der Waals surface area (Å²) in [5, 5.41) is 12.5. The van der Waals surface area contributed by atoms with E-state index in [4.69, 9.17) is 27.9 Å². The van der Waals surface area contributed by atoms with E-state index in [9.17, 15) is 14.7 Å². The topological polar surface area (TPSA) is 75.6 Å². The number of carboxylic acids is 1. The van der Waals surface area contributed by atoms with Gasteiger partial charge in [-0.25, -0.2) is 4.79 Å². The lowest BCUT2D eigenvalue weighted by Gasteiger charge is -2.24. The third-order valence-corrected chi connectivity index (χ3v) is 5.00. The van der Waals surface area contributed by atoms with Crippen molar-refractivity contribution in [2.45, 2.75) is 12.0 Å². The maximum atomic E-state index is 11.9. The number of aliphatic carboxylic acids is 1. The minimum atomic E-state index is -1.19. The normalized spacial score (nSPS) is 21.0. The zero-order valence-corrected chi connectivity index (χ0v) is 13.2. The molecule has 1 saturated heterocycles. The van der Waals surface area contributed by atoms with Crippen molar-refractivity contribution in [1.82, 2.24) is 5.32 Å². The molecule has 2 rings (SSSR count). The number of hydrogen-bond acceptors (Lipinski definition) is 4. The van der Waals surface area contributed by atoms with Crippen LogP contribution in [0.4, 0.5) is 0 Å². The van der Waals surface area contributed by atoms with Crippen molar-refractivity contribution in [1.29, 1.82) is 0 Å². The third-order valence-electron chi connectivity index (χ3n) is 3.07. The molecule has 114 valence electrons. The predicted molar refractivity (Wildman–Crippen MR) is 82.4 cm³/mol. The first-order chi connectivity index (χ1) is 9.93. The summed E-state index contributed by atoms with van der Waals surface area (Å²) < 4.78 is 5.28. The molecular weight excluding hydrogens is 337 g/mol. The van der Waals surface area contributed by atoms with Crippen LogP contribution in [0.5, 0.6) is 5.75 Å². The number of carboxylic acid groups (broad SMARTS) is 1. The Morgan fingerprint density at radius 1 is 1.38 bits per heavy atom. The fraction of sp³-hybridized carbons (Fsp3) is 0.385. The lowest BCUT2D eigenvalue weighted by molar-refractivity contribution is -0.146. The van der Waals surface area contributed by atoms with Gasteiger partial charge in [0.25, 0.3) is 5.91 Å². The van der Waals surface area contributed by atoms with Crippen LogP contribution in [0.15, 0.2) is 18.2 Å². The Labute approximate surface area is 135 Å². The fourth-order valence-corrected chi connectivity index (χ4v) is 3.52. The van der Waals surface area contributed by atoms with Crippen LogP contribution in [0, 0.1) is 0 Å². The summed E-state index contributed by atoms with van der Waals surface area (Å²) in [6.07, 6.45) is 0.408. The first kappa shape index (κ1) is 16.3. The molecule has 1 aliphatic heterocycles.